The van der Waals surface area contributed by atoms with E-state index in [0.29, 0.717) is 11.4 Å². The standard InChI is InChI=1S/C16H18N2O7/c1-8-7-10(18(17-8)9-5-3-2-4-6-9)24-16-13(21)11(19)12(20)14(25-16)15(22)23/h2-7,11-14,16,19-21H,1H3,(H,22,23)/t11-,12-,13+,14-,16+/m0/s1. The summed E-state index contributed by atoms with van der Waals surface area (Å²) >= 11 is 0. The number of aliphatic hydroxyl groups excluding tert-OH is 3. The minimum atomic E-state index is -1.77. The number of aryl methyl sites for hydroxylation is 1. The number of para-hydroxylation sites is 1. The van der Waals surface area contributed by atoms with Crippen LogP contribution >= 0.6 is 0 Å². The SMILES string of the molecule is Cc1cc(O[C@@H]2O[C@H](C(=O)O)[C@@H](O)[C@H](O)[C@H]2O)n(-c2ccccc2)n1. The number of aromatic nitrogens is 2. The van der Waals surface area contributed by atoms with Crippen LogP contribution in [-0.4, -0.2) is 66.9 Å². The average Bonchev–Trinajstić information content (AvgIpc) is 2.96. The summed E-state index contributed by atoms with van der Waals surface area (Å²) in [6, 6.07) is 10.6. The number of aliphatic carboxylic acids is 1. The van der Waals surface area contributed by atoms with Gasteiger partial charge in [0.2, 0.25) is 12.2 Å². The fraction of sp³-hybridized carbons (Fsp3) is 0.375. The highest BCUT2D eigenvalue weighted by atomic mass is 16.7. The first kappa shape index (κ1) is 17.4. The van der Waals surface area contributed by atoms with Crippen molar-refractivity contribution in [1.82, 2.24) is 9.78 Å². The van der Waals surface area contributed by atoms with Crippen LogP contribution in [-0.2, 0) is 9.53 Å². The largest absolute Gasteiger partial charge is 0.479 e. The number of aliphatic hydroxyl groups is 3. The number of carboxylic acids is 1. The molecule has 0 bridgehead atoms. The van der Waals surface area contributed by atoms with Gasteiger partial charge in [-0.25, -0.2) is 9.48 Å². The number of carbonyl (C=O) groups is 1. The molecule has 3 rings (SSSR count). The third-order valence-electron chi connectivity index (χ3n) is 3.85. The van der Waals surface area contributed by atoms with Crippen molar-refractivity contribution >= 4 is 5.97 Å². The van der Waals surface area contributed by atoms with Crippen LogP contribution in [0.5, 0.6) is 5.88 Å². The van der Waals surface area contributed by atoms with Crippen molar-refractivity contribution in [3.05, 3.63) is 42.1 Å². The van der Waals surface area contributed by atoms with Gasteiger partial charge in [-0.2, -0.15) is 5.10 Å². The molecule has 0 amide bonds. The summed E-state index contributed by atoms with van der Waals surface area (Å²) in [6.45, 7) is 1.74. The number of ether oxygens (including phenoxy) is 2. The second kappa shape index (κ2) is 6.81. The molecule has 1 fully saturated rings. The quantitative estimate of drug-likeness (QED) is 0.577. The van der Waals surface area contributed by atoms with Crippen LogP contribution in [0.1, 0.15) is 5.69 Å². The predicted octanol–water partition coefficient (Wildman–Crippen LogP) is -0.548. The van der Waals surface area contributed by atoms with Crippen molar-refractivity contribution in [2.75, 3.05) is 0 Å². The number of carboxylic acid groups (broad SMARTS) is 1. The molecule has 1 saturated heterocycles. The highest BCUT2D eigenvalue weighted by Crippen LogP contribution is 2.26. The molecule has 9 heteroatoms. The Labute approximate surface area is 142 Å². The summed E-state index contributed by atoms with van der Waals surface area (Å²) in [5.74, 6) is -1.28. The molecule has 134 valence electrons. The molecular weight excluding hydrogens is 332 g/mol. The van der Waals surface area contributed by atoms with Gasteiger partial charge in [0.05, 0.1) is 11.4 Å². The van der Waals surface area contributed by atoms with Gasteiger partial charge in [0.25, 0.3) is 0 Å². The molecule has 4 N–H and O–H groups in total. The third kappa shape index (κ3) is 3.35. The van der Waals surface area contributed by atoms with Gasteiger partial charge in [-0.3, -0.25) is 0 Å². The molecule has 0 unspecified atom stereocenters. The van der Waals surface area contributed by atoms with Crippen LogP contribution in [0, 0.1) is 6.92 Å². The Morgan fingerprint density at radius 1 is 1.16 bits per heavy atom. The van der Waals surface area contributed by atoms with Crippen LogP contribution in [0.15, 0.2) is 36.4 Å². The second-order valence-electron chi connectivity index (χ2n) is 5.72. The van der Waals surface area contributed by atoms with E-state index in [0.717, 1.165) is 0 Å². The first-order valence-corrected chi connectivity index (χ1v) is 7.59. The average molecular weight is 350 g/mol. The van der Waals surface area contributed by atoms with Gasteiger partial charge in [-0.05, 0) is 19.1 Å². The zero-order valence-corrected chi connectivity index (χ0v) is 13.3. The topological polar surface area (TPSA) is 134 Å². The molecule has 0 aliphatic carbocycles. The van der Waals surface area contributed by atoms with Crippen LogP contribution in [0.2, 0.25) is 0 Å². The number of hydrogen-bond donors (Lipinski definition) is 4. The van der Waals surface area contributed by atoms with Gasteiger partial charge in [-0.15, -0.1) is 0 Å². The molecule has 25 heavy (non-hydrogen) atoms. The highest BCUT2D eigenvalue weighted by molar-refractivity contribution is 5.73. The monoisotopic (exact) mass is 350 g/mol. The Kier molecular flexibility index (Phi) is 4.73. The Morgan fingerprint density at radius 3 is 2.48 bits per heavy atom. The fourth-order valence-corrected chi connectivity index (χ4v) is 2.58. The summed E-state index contributed by atoms with van der Waals surface area (Å²) in [6.07, 6.45) is -8.34. The van der Waals surface area contributed by atoms with Crippen LogP contribution in [0.3, 0.4) is 0 Å². The summed E-state index contributed by atoms with van der Waals surface area (Å²) in [5.41, 5.74) is 1.31. The number of nitrogens with zero attached hydrogens (tertiary/aromatic N) is 2. The van der Waals surface area contributed by atoms with Crippen molar-refractivity contribution in [3.63, 3.8) is 0 Å². The van der Waals surface area contributed by atoms with Crippen molar-refractivity contribution in [2.45, 2.75) is 37.6 Å². The minimum Gasteiger partial charge on any atom is -0.479 e. The predicted molar refractivity (Wildman–Crippen MR) is 83.2 cm³/mol. The third-order valence-corrected chi connectivity index (χ3v) is 3.85. The van der Waals surface area contributed by atoms with E-state index in [1.54, 1.807) is 25.1 Å². The van der Waals surface area contributed by atoms with E-state index in [9.17, 15) is 20.1 Å². The zero-order valence-electron chi connectivity index (χ0n) is 13.3. The van der Waals surface area contributed by atoms with E-state index in [-0.39, 0.29) is 5.88 Å². The molecule has 9 nitrogen and oxygen atoms in total. The minimum absolute atomic E-state index is 0.195. The van der Waals surface area contributed by atoms with Gasteiger partial charge in [0, 0.05) is 6.07 Å². The Bertz CT molecular complexity index is 748. The molecular formula is C16H18N2O7. The Hall–Kier alpha value is -2.46. The molecule has 2 heterocycles. The first-order chi connectivity index (χ1) is 11.9. The summed E-state index contributed by atoms with van der Waals surface area (Å²) in [4.78, 5) is 11.2. The van der Waals surface area contributed by atoms with Crippen LogP contribution in [0.4, 0.5) is 0 Å². The lowest BCUT2D eigenvalue weighted by atomic mass is 9.99. The molecule has 1 aliphatic heterocycles. The van der Waals surface area contributed by atoms with Crippen molar-refractivity contribution in [2.24, 2.45) is 0 Å². The normalized spacial score (nSPS) is 29.4. The van der Waals surface area contributed by atoms with E-state index in [1.165, 1.54) is 4.68 Å². The Morgan fingerprint density at radius 2 is 1.84 bits per heavy atom. The van der Waals surface area contributed by atoms with Gasteiger partial charge in [0.15, 0.2) is 6.10 Å². The van der Waals surface area contributed by atoms with E-state index in [4.69, 9.17) is 14.6 Å². The zero-order chi connectivity index (χ0) is 18.1. The molecule has 0 spiro atoms. The second-order valence-corrected chi connectivity index (χ2v) is 5.72. The van der Waals surface area contributed by atoms with Crippen molar-refractivity contribution in [3.8, 4) is 11.6 Å². The first-order valence-electron chi connectivity index (χ1n) is 7.59. The fourth-order valence-electron chi connectivity index (χ4n) is 2.58. The summed E-state index contributed by atoms with van der Waals surface area (Å²) < 4.78 is 12.1. The molecule has 5 atom stereocenters. The molecule has 0 saturated carbocycles. The summed E-state index contributed by atoms with van der Waals surface area (Å²) in [7, 11) is 0. The highest BCUT2D eigenvalue weighted by Gasteiger charge is 2.48. The smallest absolute Gasteiger partial charge is 0.335 e. The van der Waals surface area contributed by atoms with E-state index >= 15 is 0 Å². The van der Waals surface area contributed by atoms with Crippen LogP contribution in [0.25, 0.3) is 5.69 Å². The van der Waals surface area contributed by atoms with Crippen molar-refractivity contribution in [1.29, 1.82) is 0 Å². The maximum atomic E-state index is 11.2. The number of hydrogen-bond acceptors (Lipinski definition) is 7. The molecule has 2 aromatic rings. The van der Waals surface area contributed by atoms with Gasteiger partial charge < -0.3 is 29.9 Å². The molecule has 1 aromatic heterocycles. The maximum Gasteiger partial charge on any atom is 0.335 e. The maximum absolute atomic E-state index is 11.2. The lowest BCUT2D eigenvalue weighted by molar-refractivity contribution is -0.272. The van der Waals surface area contributed by atoms with Crippen LogP contribution < -0.4 is 4.74 Å². The molecule has 0 radical (unpaired) electrons. The van der Waals surface area contributed by atoms with Gasteiger partial charge in [0.1, 0.15) is 18.3 Å². The lowest BCUT2D eigenvalue weighted by Gasteiger charge is -2.38. The van der Waals surface area contributed by atoms with E-state index in [1.807, 2.05) is 18.2 Å². The Balaban J connectivity index is 1.88. The molecule has 1 aliphatic rings. The van der Waals surface area contributed by atoms with E-state index in [2.05, 4.69) is 5.10 Å². The number of rotatable bonds is 4. The number of benzene rings is 1. The van der Waals surface area contributed by atoms with E-state index < -0.39 is 36.7 Å². The lowest BCUT2D eigenvalue weighted by Crippen LogP contribution is -2.61. The summed E-state index contributed by atoms with van der Waals surface area (Å²) in [5, 5.41) is 43.0. The van der Waals surface area contributed by atoms with Gasteiger partial charge >= 0.3 is 5.97 Å². The van der Waals surface area contributed by atoms with Crippen molar-refractivity contribution < 1.29 is 34.7 Å². The molecule has 1 aromatic carbocycles. The van der Waals surface area contributed by atoms with Gasteiger partial charge in [-0.1, -0.05) is 18.2 Å².